The van der Waals surface area contributed by atoms with Crippen molar-refractivity contribution in [3.8, 4) is 5.75 Å². The van der Waals surface area contributed by atoms with E-state index >= 15 is 0 Å². The molecule has 1 atom stereocenters. The van der Waals surface area contributed by atoms with Crippen molar-refractivity contribution in [1.82, 2.24) is 0 Å². The average molecular weight is 313 g/mol. The summed E-state index contributed by atoms with van der Waals surface area (Å²) in [6, 6.07) is 2.55. The molecular formula is C13H9ClO5S. The van der Waals surface area contributed by atoms with E-state index in [0.717, 1.165) is 17.8 Å². The van der Waals surface area contributed by atoms with Gasteiger partial charge in [0.2, 0.25) is 5.78 Å². The van der Waals surface area contributed by atoms with Gasteiger partial charge in [0.25, 0.3) is 0 Å². The third-order valence-electron chi connectivity index (χ3n) is 2.74. The molecule has 0 unspecified atom stereocenters. The molecular weight excluding hydrogens is 304 g/mol. The zero-order valence-corrected chi connectivity index (χ0v) is 11.8. The lowest BCUT2D eigenvalue weighted by Crippen LogP contribution is -2.20. The Hall–Kier alpha value is -1.79. The first-order chi connectivity index (χ1) is 9.32. The van der Waals surface area contributed by atoms with Gasteiger partial charge in [-0.3, -0.25) is 14.4 Å². The average Bonchev–Trinajstić information content (AvgIpc) is 2.37. The van der Waals surface area contributed by atoms with Crippen molar-refractivity contribution in [2.45, 2.75) is 12.2 Å². The van der Waals surface area contributed by atoms with Crippen LogP contribution in [-0.4, -0.2) is 33.0 Å². The summed E-state index contributed by atoms with van der Waals surface area (Å²) in [5, 5.41) is 17.8. The third kappa shape index (κ3) is 2.44. The van der Waals surface area contributed by atoms with Crippen LogP contribution in [0.1, 0.15) is 27.6 Å². The number of aliphatic carboxylic acids is 1. The molecule has 104 valence electrons. The van der Waals surface area contributed by atoms with Crippen LogP contribution < -0.4 is 0 Å². The molecule has 0 radical (unpaired) electrons. The molecule has 20 heavy (non-hydrogen) atoms. The molecule has 5 nitrogen and oxygen atoms in total. The molecule has 0 amide bonds. The van der Waals surface area contributed by atoms with Gasteiger partial charge in [-0.25, -0.2) is 0 Å². The lowest BCUT2D eigenvalue weighted by molar-refractivity contribution is -0.136. The van der Waals surface area contributed by atoms with E-state index in [9.17, 15) is 19.5 Å². The summed E-state index contributed by atoms with van der Waals surface area (Å²) in [6.07, 6.45) is 1.06. The third-order valence-corrected chi connectivity index (χ3v) is 4.17. The highest BCUT2D eigenvalue weighted by Gasteiger charge is 2.32. The number of ketones is 2. The largest absolute Gasteiger partial charge is 0.507 e. The lowest BCUT2D eigenvalue weighted by atomic mass is 9.94. The number of phenols is 1. The van der Waals surface area contributed by atoms with Crippen LogP contribution in [0.4, 0.5) is 0 Å². The molecule has 0 saturated heterocycles. The fraction of sp³-hybridized carbons (Fsp3) is 0.154. The number of Topliss-reactive ketones (excluding diaryl/α,β-unsaturated/α-hetero) is 1. The maximum atomic E-state index is 12.2. The van der Waals surface area contributed by atoms with Crippen molar-refractivity contribution in [3.05, 3.63) is 39.3 Å². The van der Waals surface area contributed by atoms with Crippen LogP contribution in [0, 0.1) is 0 Å². The Morgan fingerprint density at radius 3 is 2.55 bits per heavy atom. The van der Waals surface area contributed by atoms with Crippen LogP contribution in [0.25, 0.3) is 0 Å². The number of benzene rings is 1. The van der Waals surface area contributed by atoms with Gasteiger partial charge in [0, 0.05) is 6.08 Å². The highest BCUT2D eigenvalue weighted by molar-refractivity contribution is 8.05. The van der Waals surface area contributed by atoms with E-state index in [0.29, 0.717) is 0 Å². The number of halogens is 1. The summed E-state index contributed by atoms with van der Waals surface area (Å²) in [7, 11) is 0. The van der Waals surface area contributed by atoms with Crippen molar-refractivity contribution < 1.29 is 24.6 Å². The number of carbonyl (C=O) groups excluding carboxylic acids is 2. The summed E-state index contributed by atoms with van der Waals surface area (Å²) >= 11 is 6.62. The van der Waals surface area contributed by atoms with Crippen LogP contribution >= 0.6 is 23.4 Å². The molecule has 1 aromatic carbocycles. The molecule has 0 spiro atoms. The number of allylic oxidation sites excluding steroid dienone is 2. The Morgan fingerprint density at radius 2 is 1.95 bits per heavy atom. The highest BCUT2D eigenvalue weighted by atomic mass is 35.5. The van der Waals surface area contributed by atoms with E-state index in [1.54, 1.807) is 0 Å². The first kappa shape index (κ1) is 14.6. The van der Waals surface area contributed by atoms with E-state index in [2.05, 4.69) is 0 Å². The van der Waals surface area contributed by atoms with E-state index in [1.807, 2.05) is 0 Å². The topological polar surface area (TPSA) is 91.7 Å². The van der Waals surface area contributed by atoms with Crippen LogP contribution in [0.5, 0.6) is 5.75 Å². The number of thioether (sulfide) groups is 1. The van der Waals surface area contributed by atoms with Gasteiger partial charge in [0.15, 0.2) is 5.78 Å². The highest BCUT2D eigenvalue weighted by Crippen LogP contribution is 2.37. The predicted molar refractivity (Wildman–Crippen MR) is 74.5 cm³/mol. The molecule has 0 fully saturated rings. The first-order valence-corrected chi connectivity index (χ1v) is 6.80. The van der Waals surface area contributed by atoms with Gasteiger partial charge in [-0.05, 0) is 19.1 Å². The van der Waals surface area contributed by atoms with Crippen molar-refractivity contribution >= 4 is 40.9 Å². The smallest absolute Gasteiger partial charge is 0.316 e. The normalized spacial score (nSPS) is 15.6. The molecule has 0 aromatic heterocycles. The summed E-state index contributed by atoms with van der Waals surface area (Å²) in [4.78, 5) is 35.0. The van der Waals surface area contributed by atoms with Crippen LogP contribution in [0.2, 0.25) is 5.02 Å². The molecule has 0 bridgehead atoms. The Labute approximate surface area is 123 Å². The molecule has 2 N–H and O–H groups in total. The van der Waals surface area contributed by atoms with E-state index < -0.39 is 22.8 Å². The maximum absolute atomic E-state index is 12.2. The van der Waals surface area contributed by atoms with Gasteiger partial charge in [-0.2, -0.15) is 0 Å². The van der Waals surface area contributed by atoms with Gasteiger partial charge < -0.3 is 10.2 Å². The van der Waals surface area contributed by atoms with E-state index in [4.69, 9.17) is 16.7 Å². The SMILES string of the molecule is C[C@@H](SC1=CC(=O)c2c(Cl)ccc(O)c2C1=O)C(=O)O. The zero-order valence-electron chi connectivity index (χ0n) is 10.2. The number of carboxylic acids is 1. The van der Waals surface area contributed by atoms with Crippen molar-refractivity contribution in [1.29, 1.82) is 0 Å². The number of phenolic OH excluding ortho intramolecular Hbond substituents is 1. The number of hydrogen-bond acceptors (Lipinski definition) is 5. The Bertz CT molecular complexity index is 665. The van der Waals surface area contributed by atoms with Crippen LogP contribution in [0.3, 0.4) is 0 Å². The summed E-state index contributed by atoms with van der Waals surface area (Å²) in [5.74, 6) is -2.58. The lowest BCUT2D eigenvalue weighted by Gasteiger charge is -2.17. The molecule has 1 aliphatic carbocycles. The minimum Gasteiger partial charge on any atom is -0.507 e. The molecule has 7 heteroatoms. The van der Waals surface area contributed by atoms with Gasteiger partial charge in [0.1, 0.15) is 11.0 Å². The number of aromatic hydroxyl groups is 1. The molecule has 2 rings (SSSR count). The second kappa shape index (κ2) is 5.30. The number of fused-ring (bicyclic) bond motifs is 1. The molecule has 0 heterocycles. The van der Waals surface area contributed by atoms with Gasteiger partial charge in [-0.15, -0.1) is 11.8 Å². The Kier molecular flexibility index (Phi) is 3.87. The first-order valence-electron chi connectivity index (χ1n) is 5.54. The minimum atomic E-state index is -1.10. The van der Waals surface area contributed by atoms with Gasteiger partial charge in [-0.1, -0.05) is 11.6 Å². The zero-order chi connectivity index (χ0) is 15.0. The number of rotatable bonds is 3. The minimum absolute atomic E-state index is 0.0185. The fourth-order valence-corrected chi connectivity index (χ4v) is 2.86. The standard InChI is InChI=1S/C13H9ClO5S/c1-5(13(18)19)20-9-4-8(16)10-6(14)2-3-7(15)11(10)12(9)17/h2-5,15H,1H3,(H,18,19)/t5-/m1/s1. The molecule has 1 aliphatic rings. The Balaban J connectivity index is 2.48. The second-order valence-electron chi connectivity index (χ2n) is 4.12. The monoisotopic (exact) mass is 312 g/mol. The molecule has 0 saturated carbocycles. The fourth-order valence-electron chi connectivity index (χ4n) is 1.75. The van der Waals surface area contributed by atoms with E-state index in [1.165, 1.54) is 19.1 Å². The van der Waals surface area contributed by atoms with Gasteiger partial charge >= 0.3 is 5.97 Å². The molecule has 0 aliphatic heterocycles. The summed E-state index contributed by atoms with van der Waals surface area (Å²) in [6.45, 7) is 1.40. The van der Waals surface area contributed by atoms with E-state index in [-0.39, 0.29) is 26.8 Å². The number of carboxylic acid groups (broad SMARTS) is 1. The summed E-state index contributed by atoms with van der Waals surface area (Å²) < 4.78 is 0. The van der Waals surface area contributed by atoms with Crippen LogP contribution in [0.15, 0.2) is 23.1 Å². The van der Waals surface area contributed by atoms with Crippen LogP contribution in [-0.2, 0) is 4.79 Å². The maximum Gasteiger partial charge on any atom is 0.316 e. The van der Waals surface area contributed by atoms with Crippen molar-refractivity contribution in [2.75, 3.05) is 0 Å². The second-order valence-corrected chi connectivity index (χ2v) is 5.91. The van der Waals surface area contributed by atoms with Crippen molar-refractivity contribution in [2.24, 2.45) is 0 Å². The molecule has 1 aromatic rings. The van der Waals surface area contributed by atoms with Crippen molar-refractivity contribution in [3.63, 3.8) is 0 Å². The van der Waals surface area contributed by atoms with Gasteiger partial charge in [0.05, 0.1) is 21.1 Å². The Morgan fingerprint density at radius 1 is 1.30 bits per heavy atom. The number of carbonyl (C=O) groups is 3. The summed E-state index contributed by atoms with van der Waals surface area (Å²) in [5.41, 5.74) is -0.228. The predicted octanol–water partition coefficient (Wildman–Crippen LogP) is 2.51. The number of hydrogen-bond donors (Lipinski definition) is 2. The quantitative estimate of drug-likeness (QED) is 0.891.